The van der Waals surface area contributed by atoms with Crippen LogP contribution in [-0.2, 0) is 6.42 Å². The molecule has 1 aromatic heterocycles. The van der Waals surface area contributed by atoms with Crippen molar-refractivity contribution in [2.75, 3.05) is 11.1 Å². The van der Waals surface area contributed by atoms with E-state index in [1.807, 2.05) is 12.1 Å². The molecule has 0 saturated carbocycles. The topological polar surface area (TPSA) is 63.8 Å². The number of nitrogens with zero attached hydrogens (tertiary/aromatic N) is 2. The largest absolute Gasteiger partial charge is 0.368 e. The van der Waals surface area contributed by atoms with Gasteiger partial charge in [0.25, 0.3) is 0 Å². The molecule has 2 rings (SSSR count). The number of aromatic nitrogens is 2. The fraction of sp³-hybridized carbons (Fsp3) is 0.231. The molecule has 17 heavy (non-hydrogen) atoms. The van der Waals surface area contributed by atoms with Gasteiger partial charge in [0.15, 0.2) is 0 Å². The highest BCUT2D eigenvalue weighted by Crippen LogP contribution is 2.15. The quantitative estimate of drug-likeness (QED) is 0.844. The lowest BCUT2D eigenvalue weighted by Crippen LogP contribution is -1.99. The molecule has 0 unspecified atom stereocenters. The van der Waals surface area contributed by atoms with Gasteiger partial charge in [-0.05, 0) is 30.2 Å². The van der Waals surface area contributed by atoms with Gasteiger partial charge >= 0.3 is 0 Å². The Kier molecular flexibility index (Phi) is 3.55. The molecule has 0 spiro atoms. The highest BCUT2D eigenvalue weighted by atomic mass is 15.1. The van der Waals surface area contributed by atoms with Crippen molar-refractivity contribution in [3.63, 3.8) is 0 Å². The van der Waals surface area contributed by atoms with E-state index in [1.165, 1.54) is 5.56 Å². The minimum atomic E-state index is 0.276. The Hall–Kier alpha value is -2.10. The van der Waals surface area contributed by atoms with E-state index in [1.54, 1.807) is 12.3 Å². The van der Waals surface area contributed by atoms with Gasteiger partial charge < -0.3 is 11.1 Å². The molecule has 4 nitrogen and oxygen atoms in total. The van der Waals surface area contributed by atoms with Crippen LogP contribution in [0.4, 0.5) is 17.5 Å². The molecule has 0 amide bonds. The van der Waals surface area contributed by atoms with Crippen LogP contribution < -0.4 is 11.1 Å². The summed E-state index contributed by atoms with van der Waals surface area (Å²) in [6.45, 7) is 2.18. The summed E-state index contributed by atoms with van der Waals surface area (Å²) in [5, 5.41) is 3.18. The Balaban J connectivity index is 2.08. The maximum atomic E-state index is 5.51. The van der Waals surface area contributed by atoms with Crippen molar-refractivity contribution < 1.29 is 0 Å². The molecule has 2 aromatic rings. The second kappa shape index (κ2) is 5.30. The standard InChI is InChI=1S/C13H16N4/c1-2-3-10-4-6-11(7-5-10)16-12-8-9-15-13(14)17-12/h4-9H,2-3H2,1H3,(H3,14,15,16,17). The molecule has 88 valence electrons. The molecule has 0 bridgehead atoms. The molecule has 4 heteroatoms. The summed E-state index contributed by atoms with van der Waals surface area (Å²) >= 11 is 0. The van der Waals surface area contributed by atoms with Crippen LogP contribution in [-0.4, -0.2) is 9.97 Å². The predicted octanol–water partition coefficient (Wildman–Crippen LogP) is 2.75. The zero-order chi connectivity index (χ0) is 12.1. The van der Waals surface area contributed by atoms with Gasteiger partial charge in [0.1, 0.15) is 5.82 Å². The van der Waals surface area contributed by atoms with Crippen LogP contribution in [0.3, 0.4) is 0 Å². The number of benzene rings is 1. The van der Waals surface area contributed by atoms with Crippen LogP contribution in [0.2, 0.25) is 0 Å². The highest BCUT2D eigenvalue weighted by molar-refractivity contribution is 5.56. The Labute approximate surface area is 101 Å². The van der Waals surface area contributed by atoms with E-state index in [0.717, 1.165) is 18.5 Å². The minimum Gasteiger partial charge on any atom is -0.368 e. The predicted molar refractivity (Wildman–Crippen MR) is 70.2 cm³/mol. The molecule has 0 aliphatic heterocycles. The van der Waals surface area contributed by atoms with Crippen molar-refractivity contribution in [1.82, 2.24) is 9.97 Å². The number of hydrogen-bond acceptors (Lipinski definition) is 4. The van der Waals surface area contributed by atoms with E-state index in [9.17, 15) is 0 Å². The third kappa shape index (κ3) is 3.17. The van der Waals surface area contributed by atoms with Gasteiger partial charge in [-0.2, -0.15) is 4.98 Å². The van der Waals surface area contributed by atoms with E-state index < -0.39 is 0 Å². The third-order valence-corrected chi connectivity index (χ3v) is 2.44. The van der Waals surface area contributed by atoms with E-state index in [0.29, 0.717) is 5.82 Å². The van der Waals surface area contributed by atoms with Crippen LogP contribution in [0.25, 0.3) is 0 Å². The van der Waals surface area contributed by atoms with Crippen LogP contribution in [0.1, 0.15) is 18.9 Å². The summed E-state index contributed by atoms with van der Waals surface area (Å²) in [6.07, 6.45) is 3.91. The third-order valence-electron chi connectivity index (χ3n) is 2.44. The molecule has 1 aromatic carbocycles. The Morgan fingerprint density at radius 1 is 1.18 bits per heavy atom. The molecule has 0 radical (unpaired) electrons. The van der Waals surface area contributed by atoms with Crippen molar-refractivity contribution in [3.05, 3.63) is 42.1 Å². The average molecular weight is 228 g/mol. The molecule has 1 heterocycles. The van der Waals surface area contributed by atoms with Gasteiger partial charge in [-0.3, -0.25) is 0 Å². The van der Waals surface area contributed by atoms with E-state index in [4.69, 9.17) is 5.73 Å². The lowest BCUT2D eigenvalue weighted by Gasteiger charge is -2.06. The summed E-state index contributed by atoms with van der Waals surface area (Å²) in [5.74, 6) is 0.985. The molecule has 0 saturated heterocycles. The first-order valence-corrected chi connectivity index (χ1v) is 5.72. The van der Waals surface area contributed by atoms with Crippen molar-refractivity contribution in [1.29, 1.82) is 0 Å². The first-order valence-electron chi connectivity index (χ1n) is 5.72. The number of rotatable bonds is 4. The Bertz CT molecular complexity index is 479. The second-order valence-corrected chi connectivity index (χ2v) is 3.87. The number of nitrogen functional groups attached to an aromatic ring is 1. The molecule has 0 atom stereocenters. The molecular weight excluding hydrogens is 212 g/mol. The van der Waals surface area contributed by atoms with Crippen LogP contribution >= 0.6 is 0 Å². The molecular formula is C13H16N4. The first-order chi connectivity index (χ1) is 8.28. The fourth-order valence-electron chi connectivity index (χ4n) is 1.63. The van der Waals surface area contributed by atoms with Gasteiger partial charge in [0, 0.05) is 11.9 Å². The first kappa shape index (κ1) is 11.4. The van der Waals surface area contributed by atoms with Gasteiger partial charge in [-0.1, -0.05) is 25.5 Å². The smallest absolute Gasteiger partial charge is 0.221 e. The lowest BCUT2D eigenvalue weighted by molar-refractivity contribution is 0.922. The van der Waals surface area contributed by atoms with Crippen LogP contribution in [0.15, 0.2) is 36.5 Å². The monoisotopic (exact) mass is 228 g/mol. The van der Waals surface area contributed by atoms with Crippen molar-refractivity contribution in [2.24, 2.45) is 0 Å². The number of anilines is 3. The van der Waals surface area contributed by atoms with Gasteiger partial charge in [0.2, 0.25) is 5.95 Å². The highest BCUT2D eigenvalue weighted by Gasteiger charge is 1.97. The van der Waals surface area contributed by atoms with E-state index in [-0.39, 0.29) is 5.95 Å². The fourth-order valence-corrected chi connectivity index (χ4v) is 1.63. The van der Waals surface area contributed by atoms with E-state index in [2.05, 4.69) is 34.3 Å². The minimum absolute atomic E-state index is 0.276. The maximum Gasteiger partial charge on any atom is 0.221 e. The normalized spacial score (nSPS) is 10.2. The molecule has 0 aliphatic rings. The summed E-state index contributed by atoms with van der Waals surface area (Å²) in [6, 6.07) is 10.1. The van der Waals surface area contributed by atoms with Crippen molar-refractivity contribution in [2.45, 2.75) is 19.8 Å². The molecule has 0 fully saturated rings. The summed E-state index contributed by atoms with van der Waals surface area (Å²) in [4.78, 5) is 7.93. The number of aryl methyl sites for hydroxylation is 1. The molecule has 3 N–H and O–H groups in total. The van der Waals surface area contributed by atoms with Crippen LogP contribution in [0.5, 0.6) is 0 Å². The SMILES string of the molecule is CCCc1ccc(Nc2ccnc(N)n2)cc1. The number of hydrogen-bond donors (Lipinski definition) is 2. The number of nitrogens with two attached hydrogens (primary N) is 1. The summed E-state index contributed by atoms with van der Waals surface area (Å²) in [5.41, 5.74) is 7.86. The maximum absolute atomic E-state index is 5.51. The Morgan fingerprint density at radius 2 is 1.94 bits per heavy atom. The van der Waals surface area contributed by atoms with Gasteiger partial charge in [-0.25, -0.2) is 4.98 Å². The summed E-state index contributed by atoms with van der Waals surface area (Å²) < 4.78 is 0. The second-order valence-electron chi connectivity index (χ2n) is 3.87. The van der Waals surface area contributed by atoms with E-state index >= 15 is 0 Å². The lowest BCUT2D eigenvalue weighted by atomic mass is 10.1. The zero-order valence-electron chi connectivity index (χ0n) is 9.85. The zero-order valence-corrected chi connectivity index (χ0v) is 9.85. The average Bonchev–Trinajstić information content (AvgIpc) is 2.32. The van der Waals surface area contributed by atoms with Crippen LogP contribution in [0, 0.1) is 0 Å². The summed E-state index contributed by atoms with van der Waals surface area (Å²) in [7, 11) is 0. The number of nitrogens with one attached hydrogen (secondary N) is 1. The van der Waals surface area contributed by atoms with Gasteiger partial charge in [0.05, 0.1) is 0 Å². The Morgan fingerprint density at radius 3 is 2.59 bits per heavy atom. The van der Waals surface area contributed by atoms with Crippen molar-refractivity contribution in [3.8, 4) is 0 Å². The van der Waals surface area contributed by atoms with Crippen molar-refractivity contribution >= 4 is 17.5 Å². The molecule has 0 aliphatic carbocycles. The van der Waals surface area contributed by atoms with Gasteiger partial charge in [-0.15, -0.1) is 0 Å².